The Balaban J connectivity index is 2.21. The van der Waals surface area contributed by atoms with Crippen LogP contribution in [0, 0.1) is 0 Å². The maximum atomic E-state index is 10.0. The molecule has 1 aromatic rings. The molecule has 0 aromatic heterocycles. The van der Waals surface area contributed by atoms with Crippen molar-refractivity contribution in [1.82, 2.24) is 0 Å². The molecule has 0 radical (unpaired) electrons. The Morgan fingerprint density at radius 2 is 2.43 bits per heavy atom. The van der Waals surface area contributed by atoms with Crippen molar-refractivity contribution in [3.8, 4) is 5.75 Å². The maximum Gasteiger partial charge on any atom is 0.293 e. The number of hydrogen-bond acceptors (Lipinski definition) is 3. The third-order valence-electron chi connectivity index (χ3n) is 2.03. The van der Waals surface area contributed by atoms with Crippen LogP contribution in [-0.2, 0) is 16.1 Å². The minimum Gasteiger partial charge on any atom is -0.489 e. The quantitative estimate of drug-likeness (QED) is 0.681. The molecule has 0 aliphatic carbocycles. The molecule has 0 atom stereocenters. The van der Waals surface area contributed by atoms with Gasteiger partial charge in [0.2, 0.25) is 0 Å². The number of rotatable bonds is 3. The summed E-state index contributed by atoms with van der Waals surface area (Å²) in [6.45, 7) is 1.34. The fourth-order valence-corrected chi connectivity index (χ4v) is 1.37. The fourth-order valence-electron chi connectivity index (χ4n) is 1.37. The summed E-state index contributed by atoms with van der Waals surface area (Å²) in [5.74, 6) is 0.847. The number of ether oxygens (including phenoxy) is 2. The molecule has 3 heteroatoms. The van der Waals surface area contributed by atoms with Gasteiger partial charge in [0.1, 0.15) is 19.0 Å². The lowest BCUT2D eigenvalue weighted by molar-refractivity contribution is -0.129. The van der Waals surface area contributed by atoms with Gasteiger partial charge in [-0.2, -0.15) is 0 Å². The molecule has 1 aliphatic rings. The SMILES string of the molecule is O=COCc1ccc2c(c1)OCC=C2. The Kier molecular flexibility index (Phi) is 2.49. The van der Waals surface area contributed by atoms with Crippen LogP contribution in [0.5, 0.6) is 5.75 Å². The van der Waals surface area contributed by atoms with Crippen molar-refractivity contribution >= 4 is 12.5 Å². The maximum absolute atomic E-state index is 10.0. The molecule has 0 spiro atoms. The molecule has 1 aliphatic heterocycles. The highest BCUT2D eigenvalue weighted by atomic mass is 16.5. The second-order valence-electron chi connectivity index (χ2n) is 2.99. The lowest BCUT2D eigenvalue weighted by atomic mass is 10.1. The van der Waals surface area contributed by atoms with E-state index >= 15 is 0 Å². The van der Waals surface area contributed by atoms with Gasteiger partial charge in [0.15, 0.2) is 0 Å². The number of hydrogen-bond donors (Lipinski definition) is 0. The normalized spacial score (nSPS) is 12.9. The van der Waals surface area contributed by atoms with Crippen LogP contribution in [0.25, 0.3) is 6.08 Å². The molecular formula is C11H10O3. The molecule has 0 unspecified atom stereocenters. The summed E-state index contributed by atoms with van der Waals surface area (Å²) in [5, 5.41) is 0. The lowest BCUT2D eigenvalue weighted by Gasteiger charge is -2.13. The third kappa shape index (κ3) is 1.76. The summed E-state index contributed by atoms with van der Waals surface area (Å²) in [5.41, 5.74) is 2.00. The van der Waals surface area contributed by atoms with Crippen molar-refractivity contribution in [3.05, 3.63) is 35.4 Å². The fraction of sp³-hybridized carbons (Fsp3) is 0.182. The summed E-state index contributed by atoms with van der Waals surface area (Å²) in [6.07, 6.45) is 3.98. The molecule has 2 rings (SSSR count). The van der Waals surface area contributed by atoms with E-state index < -0.39 is 0 Å². The van der Waals surface area contributed by atoms with Crippen molar-refractivity contribution in [2.75, 3.05) is 6.61 Å². The Morgan fingerprint density at radius 3 is 3.29 bits per heavy atom. The van der Waals surface area contributed by atoms with Gasteiger partial charge < -0.3 is 9.47 Å². The smallest absolute Gasteiger partial charge is 0.293 e. The summed E-state index contributed by atoms with van der Waals surface area (Å²) in [7, 11) is 0. The minimum atomic E-state index is 0.295. The van der Waals surface area contributed by atoms with Crippen molar-refractivity contribution in [2.24, 2.45) is 0 Å². The first-order chi connectivity index (χ1) is 6.90. The first kappa shape index (κ1) is 8.81. The van der Waals surface area contributed by atoms with Gasteiger partial charge in [-0.1, -0.05) is 18.2 Å². The van der Waals surface area contributed by atoms with Crippen LogP contribution in [-0.4, -0.2) is 13.1 Å². The Hall–Kier alpha value is -1.77. The Labute approximate surface area is 81.9 Å². The van der Waals surface area contributed by atoms with E-state index in [9.17, 15) is 4.79 Å². The van der Waals surface area contributed by atoms with E-state index in [2.05, 4.69) is 4.74 Å². The van der Waals surface area contributed by atoms with E-state index in [-0.39, 0.29) is 0 Å². The summed E-state index contributed by atoms with van der Waals surface area (Å²) < 4.78 is 10.1. The van der Waals surface area contributed by atoms with Gasteiger partial charge in [0.05, 0.1) is 0 Å². The monoisotopic (exact) mass is 190 g/mol. The van der Waals surface area contributed by atoms with Gasteiger partial charge in [-0.15, -0.1) is 0 Å². The van der Waals surface area contributed by atoms with E-state index in [1.54, 1.807) is 0 Å². The van der Waals surface area contributed by atoms with E-state index in [1.165, 1.54) is 0 Å². The summed E-state index contributed by atoms with van der Waals surface area (Å²) in [4.78, 5) is 10.0. The average molecular weight is 190 g/mol. The first-order valence-corrected chi connectivity index (χ1v) is 4.37. The Morgan fingerprint density at radius 1 is 1.50 bits per heavy atom. The van der Waals surface area contributed by atoms with Crippen LogP contribution in [0.15, 0.2) is 24.3 Å². The van der Waals surface area contributed by atoms with Gasteiger partial charge in [0, 0.05) is 5.56 Å². The average Bonchev–Trinajstić information content (AvgIpc) is 2.26. The van der Waals surface area contributed by atoms with Gasteiger partial charge in [-0.05, 0) is 17.7 Å². The minimum absolute atomic E-state index is 0.295. The molecule has 0 N–H and O–H groups in total. The predicted molar refractivity (Wildman–Crippen MR) is 51.8 cm³/mol. The zero-order chi connectivity index (χ0) is 9.80. The lowest BCUT2D eigenvalue weighted by Crippen LogP contribution is -2.01. The Bertz CT molecular complexity index is 369. The first-order valence-electron chi connectivity index (χ1n) is 4.37. The zero-order valence-electron chi connectivity index (χ0n) is 7.60. The van der Waals surface area contributed by atoms with Gasteiger partial charge in [0.25, 0.3) is 6.47 Å². The number of carbonyl (C=O) groups excluding carboxylic acids is 1. The number of benzene rings is 1. The third-order valence-corrected chi connectivity index (χ3v) is 2.03. The molecule has 14 heavy (non-hydrogen) atoms. The molecule has 0 amide bonds. The van der Waals surface area contributed by atoms with E-state index in [1.807, 2.05) is 30.4 Å². The van der Waals surface area contributed by atoms with E-state index in [0.717, 1.165) is 16.9 Å². The van der Waals surface area contributed by atoms with Crippen molar-refractivity contribution in [3.63, 3.8) is 0 Å². The van der Waals surface area contributed by atoms with E-state index in [0.29, 0.717) is 19.7 Å². The van der Waals surface area contributed by atoms with Crippen molar-refractivity contribution in [2.45, 2.75) is 6.61 Å². The number of fused-ring (bicyclic) bond motifs is 1. The molecule has 0 bridgehead atoms. The van der Waals surface area contributed by atoms with E-state index in [4.69, 9.17) is 4.74 Å². The number of carbonyl (C=O) groups is 1. The molecule has 3 nitrogen and oxygen atoms in total. The molecule has 0 saturated carbocycles. The van der Waals surface area contributed by atoms with Crippen LogP contribution in [0.3, 0.4) is 0 Å². The summed E-state index contributed by atoms with van der Waals surface area (Å²) >= 11 is 0. The second-order valence-corrected chi connectivity index (χ2v) is 2.99. The largest absolute Gasteiger partial charge is 0.489 e. The van der Waals surface area contributed by atoms with Crippen molar-refractivity contribution in [1.29, 1.82) is 0 Å². The van der Waals surface area contributed by atoms with Crippen LogP contribution < -0.4 is 4.74 Å². The molecular weight excluding hydrogens is 180 g/mol. The standard InChI is InChI=1S/C11H10O3/c12-8-13-7-9-3-4-10-2-1-5-14-11(10)6-9/h1-4,6,8H,5,7H2. The van der Waals surface area contributed by atoms with Gasteiger partial charge in [-0.25, -0.2) is 0 Å². The molecule has 0 fully saturated rings. The van der Waals surface area contributed by atoms with Crippen LogP contribution in [0.2, 0.25) is 0 Å². The molecule has 1 aromatic carbocycles. The predicted octanol–water partition coefficient (Wildman–Crippen LogP) is 1.77. The molecule has 0 saturated heterocycles. The van der Waals surface area contributed by atoms with Gasteiger partial charge >= 0.3 is 0 Å². The zero-order valence-corrected chi connectivity index (χ0v) is 7.60. The highest BCUT2D eigenvalue weighted by molar-refractivity contribution is 5.60. The van der Waals surface area contributed by atoms with Crippen LogP contribution >= 0.6 is 0 Å². The van der Waals surface area contributed by atoms with Crippen molar-refractivity contribution < 1.29 is 14.3 Å². The highest BCUT2D eigenvalue weighted by Gasteiger charge is 2.05. The van der Waals surface area contributed by atoms with Crippen LogP contribution in [0.4, 0.5) is 0 Å². The summed E-state index contributed by atoms with van der Waals surface area (Å²) in [6, 6.07) is 5.76. The highest BCUT2D eigenvalue weighted by Crippen LogP contribution is 2.24. The molecule has 72 valence electrons. The second kappa shape index (κ2) is 3.96. The molecule has 1 heterocycles. The van der Waals surface area contributed by atoms with Crippen LogP contribution in [0.1, 0.15) is 11.1 Å². The van der Waals surface area contributed by atoms with Gasteiger partial charge in [-0.3, -0.25) is 4.79 Å². The topological polar surface area (TPSA) is 35.5 Å².